The molecule has 1 unspecified atom stereocenters. The second kappa shape index (κ2) is 6.73. The van der Waals surface area contributed by atoms with Gasteiger partial charge in [-0.1, -0.05) is 17.7 Å². The van der Waals surface area contributed by atoms with E-state index in [1.54, 1.807) is 18.2 Å². The van der Waals surface area contributed by atoms with Crippen LogP contribution in [0.25, 0.3) is 0 Å². The summed E-state index contributed by atoms with van der Waals surface area (Å²) in [5, 5.41) is 6.59. The Hall–Kier alpha value is -1.10. The highest BCUT2D eigenvalue weighted by atomic mass is 35.5. The number of amides is 1. The Morgan fingerprint density at radius 2 is 2.39 bits per heavy atom. The van der Waals surface area contributed by atoms with Crippen molar-refractivity contribution >= 4 is 23.2 Å². The van der Waals surface area contributed by atoms with Crippen LogP contribution in [0.3, 0.4) is 0 Å². The maximum atomic E-state index is 11.7. The number of anilines is 1. The van der Waals surface area contributed by atoms with E-state index in [-0.39, 0.29) is 11.9 Å². The molecule has 1 atom stereocenters. The van der Waals surface area contributed by atoms with E-state index in [2.05, 4.69) is 10.6 Å². The molecule has 98 valence electrons. The molecule has 2 N–H and O–H groups in total. The molecule has 1 amide bonds. The van der Waals surface area contributed by atoms with Crippen LogP contribution in [-0.2, 0) is 9.53 Å². The third-order valence-electron chi connectivity index (χ3n) is 2.82. The lowest BCUT2D eigenvalue weighted by Gasteiger charge is -2.22. The minimum absolute atomic E-state index is 0.0668. The van der Waals surface area contributed by atoms with Crippen molar-refractivity contribution in [2.75, 3.05) is 25.1 Å². The molecule has 0 bridgehead atoms. The van der Waals surface area contributed by atoms with Crippen molar-refractivity contribution in [2.24, 2.45) is 0 Å². The number of rotatable bonds is 4. The van der Waals surface area contributed by atoms with Crippen molar-refractivity contribution in [3.8, 4) is 0 Å². The Labute approximate surface area is 112 Å². The molecule has 1 aliphatic rings. The summed E-state index contributed by atoms with van der Waals surface area (Å²) >= 11 is 5.84. The molecule has 1 heterocycles. The number of hydrogen-bond acceptors (Lipinski definition) is 3. The van der Waals surface area contributed by atoms with Gasteiger partial charge in [0.1, 0.15) is 0 Å². The van der Waals surface area contributed by atoms with Gasteiger partial charge >= 0.3 is 0 Å². The summed E-state index contributed by atoms with van der Waals surface area (Å²) in [6.45, 7) is 1.80. The Kier molecular flexibility index (Phi) is 4.99. The summed E-state index contributed by atoms with van der Waals surface area (Å²) in [6.07, 6.45) is 2.11. The molecular formula is C13H17ClN2O2. The van der Waals surface area contributed by atoms with Crippen LogP contribution < -0.4 is 10.6 Å². The first-order valence-corrected chi connectivity index (χ1v) is 6.48. The Morgan fingerprint density at radius 3 is 3.11 bits per heavy atom. The van der Waals surface area contributed by atoms with Crippen LogP contribution in [-0.4, -0.2) is 31.7 Å². The van der Waals surface area contributed by atoms with Gasteiger partial charge in [0, 0.05) is 23.4 Å². The van der Waals surface area contributed by atoms with Gasteiger partial charge in [-0.2, -0.15) is 0 Å². The van der Waals surface area contributed by atoms with Crippen molar-refractivity contribution in [1.82, 2.24) is 5.32 Å². The number of carbonyl (C=O) groups excluding carboxylic acids is 1. The zero-order valence-corrected chi connectivity index (χ0v) is 10.9. The van der Waals surface area contributed by atoms with E-state index in [0.717, 1.165) is 19.4 Å². The number of halogens is 1. The quantitative estimate of drug-likeness (QED) is 0.879. The van der Waals surface area contributed by atoms with Crippen LogP contribution in [0, 0.1) is 0 Å². The van der Waals surface area contributed by atoms with E-state index < -0.39 is 0 Å². The topological polar surface area (TPSA) is 50.4 Å². The minimum Gasteiger partial charge on any atom is -0.380 e. The highest BCUT2D eigenvalue weighted by Crippen LogP contribution is 2.14. The van der Waals surface area contributed by atoms with Crippen molar-refractivity contribution < 1.29 is 9.53 Å². The first kappa shape index (κ1) is 13.3. The molecule has 0 aromatic heterocycles. The van der Waals surface area contributed by atoms with Crippen LogP contribution in [0.5, 0.6) is 0 Å². The van der Waals surface area contributed by atoms with Gasteiger partial charge in [0.05, 0.1) is 13.2 Å². The second-order valence-electron chi connectivity index (χ2n) is 4.35. The van der Waals surface area contributed by atoms with Crippen LogP contribution in [0.4, 0.5) is 5.69 Å². The molecule has 1 fully saturated rings. The fourth-order valence-corrected chi connectivity index (χ4v) is 2.10. The van der Waals surface area contributed by atoms with Crippen molar-refractivity contribution in [1.29, 1.82) is 0 Å². The Bertz CT molecular complexity index is 406. The average molecular weight is 269 g/mol. The normalized spacial score (nSPS) is 19.5. The Morgan fingerprint density at radius 1 is 1.50 bits per heavy atom. The molecule has 0 saturated carbocycles. The summed E-state index contributed by atoms with van der Waals surface area (Å²) in [6, 6.07) is 7.40. The average Bonchev–Trinajstić information content (AvgIpc) is 2.38. The van der Waals surface area contributed by atoms with Crippen molar-refractivity contribution in [2.45, 2.75) is 18.9 Å². The van der Waals surface area contributed by atoms with Gasteiger partial charge in [-0.25, -0.2) is 0 Å². The molecule has 4 nitrogen and oxygen atoms in total. The lowest BCUT2D eigenvalue weighted by molar-refractivity contribution is -0.115. The number of ether oxygens (including phenoxy) is 1. The SMILES string of the molecule is O=C(CNC1CCCOC1)Nc1cccc(Cl)c1. The molecule has 5 heteroatoms. The predicted octanol–water partition coefficient (Wildman–Crippen LogP) is 2.05. The van der Waals surface area contributed by atoms with Gasteiger partial charge in [-0.15, -0.1) is 0 Å². The summed E-state index contributed by atoms with van der Waals surface area (Å²) in [7, 11) is 0. The smallest absolute Gasteiger partial charge is 0.238 e. The lowest BCUT2D eigenvalue weighted by atomic mass is 10.1. The van der Waals surface area contributed by atoms with E-state index in [1.165, 1.54) is 0 Å². The highest BCUT2D eigenvalue weighted by Gasteiger charge is 2.14. The van der Waals surface area contributed by atoms with Crippen LogP contribution >= 0.6 is 11.6 Å². The highest BCUT2D eigenvalue weighted by molar-refractivity contribution is 6.30. The molecular weight excluding hydrogens is 252 g/mol. The molecule has 18 heavy (non-hydrogen) atoms. The summed E-state index contributed by atoms with van der Waals surface area (Å²) in [4.78, 5) is 11.7. The molecule has 0 radical (unpaired) electrons. The fourth-order valence-electron chi connectivity index (χ4n) is 1.91. The fraction of sp³-hybridized carbons (Fsp3) is 0.462. The van der Waals surface area contributed by atoms with Crippen molar-refractivity contribution in [3.05, 3.63) is 29.3 Å². The molecule has 1 aromatic rings. The molecule has 0 spiro atoms. The third kappa shape index (κ3) is 4.29. The molecule has 2 rings (SSSR count). The number of carbonyl (C=O) groups is 1. The minimum atomic E-state index is -0.0668. The zero-order chi connectivity index (χ0) is 12.8. The summed E-state index contributed by atoms with van der Waals surface area (Å²) in [5.74, 6) is -0.0668. The van der Waals surface area contributed by atoms with Gasteiger partial charge in [0.15, 0.2) is 0 Å². The van der Waals surface area contributed by atoms with Crippen LogP contribution in [0.1, 0.15) is 12.8 Å². The van der Waals surface area contributed by atoms with Gasteiger partial charge in [0.25, 0.3) is 0 Å². The summed E-state index contributed by atoms with van der Waals surface area (Å²) < 4.78 is 5.34. The van der Waals surface area contributed by atoms with E-state index in [0.29, 0.717) is 23.9 Å². The van der Waals surface area contributed by atoms with Gasteiger partial charge in [0.2, 0.25) is 5.91 Å². The standard InChI is InChI=1S/C13H17ClN2O2/c14-10-3-1-4-11(7-10)16-13(17)8-15-12-5-2-6-18-9-12/h1,3-4,7,12,15H,2,5-6,8-9H2,(H,16,17). The maximum absolute atomic E-state index is 11.7. The van der Waals surface area contributed by atoms with E-state index >= 15 is 0 Å². The maximum Gasteiger partial charge on any atom is 0.238 e. The predicted molar refractivity (Wildman–Crippen MR) is 71.9 cm³/mol. The van der Waals surface area contributed by atoms with Gasteiger partial charge in [-0.3, -0.25) is 4.79 Å². The summed E-state index contributed by atoms with van der Waals surface area (Å²) in [5.41, 5.74) is 0.717. The molecule has 1 saturated heterocycles. The molecule has 1 aromatic carbocycles. The number of benzene rings is 1. The van der Waals surface area contributed by atoms with Gasteiger partial charge in [-0.05, 0) is 31.0 Å². The number of hydrogen-bond donors (Lipinski definition) is 2. The largest absolute Gasteiger partial charge is 0.380 e. The lowest BCUT2D eigenvalue weighted by Crippen LogP contribution is -2.41. The monoisotopic (exact) mass is 268 g/mol. The van der Waals surface area contributed by atoms with Crippen molar-refractivity contribution in [3.63, 3.8) is 0 Å². The zero-order valence-electron chi connectivity index (χ0n) is 10.1. The first-order chi connectivity index (χ1) is 8.74. The van der Waals surface area contributed by atoms with E-state index in [4.69, 9.17) is 16.3 Å². The van der Waals surface area contributed by atoms with Crippen LogP contribution in [0.15, 0.2) is 24.3 Å². The molecule has 0 aliphatic carbocycles. The van der Waals surface area contributed by atoms with Crippen LogP contribution in [0.2, 0.25) is 5.02 Å². The first-order valence-electron chi connectivity index (χ1n) is 6.10. The van der Waals surface area contributed by atoms with Gasteiger partial charge < -0.3 is 15.4 Å². The van der Waals surface area contributed by atoms with E-state index in [1.807, 2.05) is 6.07 Å². The third-order valence-corrected chi connectivity index (χ3v) is 3.06. The number of nitrogens with one attached hydrogen (secondary N) is 2. The Balaban J connectivity index is 1.74. The van der Waals surface area contributed by atoms with E-state index in [9.17, 15) is 4.79 Å². The second-order valence-corrected chi connectivity index (χ2v) is 4.79. The molecule has 1 aliphatic heterocycles.